The molecule has 2 rings (SSSR count). The van der Waals surface area contributed by atoms with Crippen LogP contribution in [0.2, 0.25) is 0 Å². The third-order valence-corrected chi connectivity index (χ3v) is 1.96. The smallest absolute Gasteiger partial charge is 0.357 e. The number of carboxylic acid groups (broad SMARTS) is 1. The topological polar surface area (TPSA) is 87.1 Å². The summed E-state index contributed by atoms with van der Waals surface area (Å²) in [6.45, 7) is 0. The van der Waals surface area contributed by atoms with E-state index in [0.29, 0.717) is 11.1 Å². The van der Waals surface area contributed by atoms with Crippen molar-refractivity contribution in [3.05, 3.63) is 41.8 Å². The van der Waals surface area contributed by atoms with Crippen LogP contribution in [-0.4, -0.2) is 16.1 Å². The van der Waals surface area contributed by atoms with E-state index < -0.39 is 5.97 Å². The first kappa shape index (κ1) is 9.93. The third kappa shape index (κ3) is 1.77. The fourth-order valence-electron chi connectivity index (χ4n) is 1.23. The number of hydrogen-bond donors (Lipinski definition) is 1. The molecule has 5 nitrogen and oxygen atoms in total. The van der Waals surface area contributed by atoms with Gasteiger partial charge in [-0.25, -0.2) is 9.78 Å². The van der Waals surface area contributed by atoms with Gasteiger partial charge in [-0.3, -0.25) is 0 Å². The van der Waals surface area contributed by atoms with Gasteiger partial charge in [0.1, 0.15) is 6.26 Å². The SMILES string of the molecule is N#Cc1cccc(-c2nc(C(=O)O)co2)c1. The van der Waals surface area contributed by atoms with Gasteiger partial charge in [-0.15, -0.1) is 0 Å². The van der Waals surface area contributed by atoms with E-state index in [1.165, 1.54) is 0 Å². The second-order valence-electron chi connectivity index (χ2n) is 3.04. The van der Waals surface area contributed by atoms with Crippen molar-refractivity contribution in [3.8, 4) is 17.5 Å². The number of oxazole rings is 1. The third-order valence-electron chi connectivity index (χ3n) is 1.96. The van der Waals surface area contributed by atoms with E-state index in [2.05, 4.69) is 4.98 Å². The van der Waals surface area contributed by atoms with Crippen LogP contribution in [0.25, 0.3) is 11.5 Å². The summed E-state index contributed by atoms with van der Waals surface area (Å²) in [5, 5.41) is 17.4. The van der Waals surface area contributed by atoms with Gasteiger partial charge >= 0.3 is 5.97 Å². The van der Waals surface area contributed by atoms with Crippen LogP contribution in [0.4, 0.5) is 0 Å². The minimum atomic E-state index is -1.15. The molecule has 16 heavy (non-hydrogen) atoms. The van der Waals surface area contributed by atoms with Crippen LogP contribution in [0.5, 0.6) is 0 Å². The fourth-order valence-corrected chi connectivity index (χ4v) is 1.23. The summed E-state index contributed by atoms with van der Waals surface area (Å²) >= 11 is 0. The van der Waals surface area contributed by atoms with E-state index >= 15 is 0 Å². The Bertz CT molecular complexity index is 581. The van der Waals surface area contributed by atoms with E-state index in [9.17, 15) is 4.79 Å². The molecule has 0 atom stereocenters. The van der Waals surface area contributed by atoms with E-state index in [1.54, 1.807) is 24.3 Å². The molecule has 0 aliphatic carbocycles. The molecule has 0 radical (unpaired) electrons. The molecule has 0 saturated heterocycles. The highest BCUT2D eigenvalue weighted by molar-refractivity contribution is 5.85. The van der Waals surface area contributed by atoms with Gasteiger partial charge in [-0.05, 0) is 18.2 Å². The minimum Gasteiger partial charge on any atom is -0.476 e. The Kier molecular flexibility index (Phi) is 2.40. The Morgan fingerprint density at radius 1 is 1.50 bits per heavy atom. The predicted molar refractivity (Wildman–Crippen MR) is 53.6 cm³/mol. The molecule has 5 heteroatoms. The van der Waals surface area contributed by atoms with Crippen molar-refractivity contribution >= 4 is 5.97 Å². The molecule has 0 amide bonds. The number of benzene rings is 1. The van der Waals surface area contributed by atoms with Crippen LogP contribution in [0, 0.1) is 11.3 Å². The minimum absolute atomic E-state index is 0.155. The van der Waals surface area contributed by atoms with Crippen molar-refractivity contribution in [2.45, 2.75) is 0 Å². The van der Waals surface area contributed by atoms with Gasteiger partial charge in [0, 0.05) is 5.56 Å². The quantitative estimate of drug-likeness (QED) is 0.824. The van der Waals surface area contributed by atoms with Gasteiger partial charge < -0.3 is 9.52 Å². The van der Waals surface area contributed by atoms with Gasteiger partial charge in [-0.2, -0.15) is 5.26 Å². The molecule has 0 aliphatic heterocycles. The van der Waals surface area contributed by atoms with Gasteiger partial charge in [0.25, 0.3) is 0 Å². The van der Waals surface area contributed by atoms with Crippen LogP contribution in [-0.2, 0) is 0 Å². The standard InChI is InChI=1S/C11H6N2O3/c12-5-7-2-1-3-8(4-7)10-13-9(6-16-10)11(14)15/h1-4,6H,(H,14,15). The van der Waals surface area contributed by atoms with Crippen molar-refractivity contribution in [1.29, 1.82) is 5.26 Å². The van der Waals surface area contributed by atoms with E-state index in [0.717, 1.165) is 6.26 Å². The second kappa shape index (κ2) is 3.87. The Hall–Kier alpha value is -2.61. The number of aromatic carboxylic acids is 1. The number of aromatic nitrogens is 1. The van der Waals surface area contributed by atoms with Crippen molar-refractivity contribution in [1.82, 2.24) is 4.98 Å². The molecular weight excluding hydrogens is 208 g/mol. The molecule has 78 valence electrons. The van der Waals surface area contributed by atoms with E-state index in [1.807, 2.05) is 6.07 Å². The summed E-state index contributed by atoms with van der Waals surface area (Å²) in [4.78, 5) is 14.4. The molecule has 1 aromatic carbocycles. The molecule has 0 bridgehead atoms. The molecular formula is C11H6N2O3. The maximum Gasteiger partial charge on any atom is 0.357 e. The zero-order valence-electron chi connectivity index (χ0n) is 8.04. The highest BCUT2D eigenvalue weighted by atomic mass is 16.4. The maximum atomic E-state index is 10.6. The van der Waals surface area contributed by atoms with Crippen molar-refractivity contribution in [2.24, 2.45) is 0 Å². The van der Waals surface area contributed by atoms with E-state index in [4.69, 9.17) is 14.8 Å². The van der Waals surface area contributed by atoms with Crippen LogP contribution < -0.4 is 0 Å². The lowest BCUT2D eigenvalue weighted by atomic mass is 10.1. The van der Waals surface area contributed by atoms with Crippen molar-refractivity contribution in [2.75, 3.05) is 0 Å². The van der Waals surface area contributed by atoms with E-state index in [-0.39, 0.29) is 11.6 Å². The van der Waals surface area contributed by atoms with Gasteiger partial charge in [0.05, 0.1) is 11.6 Å². The van der Waals surface area contributed by atoms with Crippen LogP contribution in [0.3, 0.4) is 0 Å². The van der Waals surface area contributed by atoms with Gasteiger partial charge in [-0.1, -0.05) is 6.07 Å². The first-order chi connectivity index (χ1) is 7.70. The summed E-state index contributed by atoms with van der Waals surface area (Å²) in [5.41, 5.74) is 0.886. The predicted octanol–water partition coefficient (Wildman–Crippen LogP) is 1.91. The van der Waals surface area contributed by atoms with Gasteiger partial charge in [0.2, 0.25) is 5.89 Å². The summed E-state index contributed by atoms with van der Waals surface area (Å²) in [5.74, 6) is -0.957. The molecule has 1 aromatic heterocycles. The Labute approximate surface area is 90.6 Å². The number of rotatable bonds is 2. The zero-order valence-corrected chi connectivity index (χ0v) is 8.04. The summed E-state index contributed by atoms with van der Waals surface area (Å²) in [6.07, 6.45) is 1.07. The molecule has 0 aliphatic rings. The molecule has 0 saturated carbocycles. The molecule has 0 fully saturated rings. The van der Waals surface area contributed by atoms with Crippen LogP contribution in [0.15, 0.2) is 34.9 Å². The lowest BCUT2D eigenvalue weighted by Crippen LogP contribution is -1.95. The summed E-state index contributed by atoms with van der Waals surface area (Å²) in [6, 6.07) is 8.58. The second-order valence-corrected chi connectivity index (χ2v) is 3.04. The van der Waals surface area contributed by atoms with Gasteiger partial charge in [0.15, 0.2) is 5.69 Å². The first-order valence-corrected chi connectivity index (χ1v) is 4.40. The normalized spacial score (nSPS) is 9.69. The average Bonchev–Trinajstić information content (AvgIpc) is 2.78. The number of hydrogen-bond acceptors (Lipinski definition) is 4. The Balaban J connectivity index is 2.43. The number of carboxylic acids is 1. The number of nitriles is 1. The summed E-state index contributed by atoms with van der Waals surface area (Å²) < 4.78 is 5.01. The fraction of sp³-hybridized carbons (Fsp3) is 0. The van der Waals surface area contributed by atoms with Crippen LogP contribution >= 0.6 is 0 Å². The summed E-state index contributed by atoms with van der Waals surface area (Å²) in [7, 11) is 0. The highest BCUT2D eigenvalue weighted by Crippen LogP contribution is 2.19. The largest absolute Gasteiger partial charge is 0.476 e. The highest BCUT2D eigenvalue weighted by Gasteiger charge is 2.11. The maximum absolute atomic E-state index is 10.6. The Morgan fingerprint density at radius 2 is 2.31 bits per heavy atom. The lowest BCUT2D eigenvalue weighted by molar-refractivity contribution is 0.0690. The molecule has 1 heterocycles. The van der Waals surface area contributed by atoms with Crippen molar-refractivity contribution < 1.29 is 14.3 Å². The van der Waals surface area contributed by atoms with Crippen molar-refractivity contribution in [3.63, 3.8) is 0 Å². The average molecular weight is 214 g/mol. The molecule has 1 N–H and O–H groups in total. The number of carbonyl (C=O) groups is 1. The molecule has 0 unspecified atom stereocenters. The lowest BCUT2D eigenvalue weighted by Gasteiger charge is -1.94. The molecule has 2 aromatic rings. The monoisotopic (exact) mass is 214 g/mol. The molecule has 0 spiro atoms. The zero-order chi connectivity index (χ0) is 11.5. The number of nitrogens with zero attached hydrogens (tertiary/aromatic N) is 2. The Morgan fingerprint density at radius 3 is 2.94 bits per heavy atom. The first-order valence-electron chi connectivity index (χ1n) is 4.40. The van der Waals surface area contributed by atoms with Crippen LogP contribution in [0.1, 0.15) is 16.1 Å².